The van der Waals surface area contributed by atoms with Crippen LogP contribution in [0.2, 0.25) is 10.0 Å². The van der Waals surface area contributed by atoms with Crippen molar-refractivity contribution in [3.8, 4) is 11.5 Å². The largest absolute Gasteiger partial charge is 0.456 e. The van der Waals surface area contributed by atoms with Crippen LogP contribution in [0.3, 0.4) is 0 Å². The Kier molecular flexibility index (Phi) is 4.06. The predicted molar refractivity (Wildman–Crippen MR) is 92.5 cm³/mol. The Morgan fingerprint density at radius 2 is 1.96 bits per heavy atom. The molecule has 1 heterocycles. The van der Waals surface area contributed by atoms with Crippen LogP contribution in [-0.4, -0.2) is 18.1 Å². The maximum atomic E-state index is 11.8. The number of carbonyl (C=O) groups excluding carboxylic acids is 2. The van der Waals surface area contributed by atoms with E-state index in [4.69, 9.17) is 32.7 Å². The number of fused-ring (bicyclic) bond motifs is 1. The SMILES string of the molecule is O=C1NC(=O)[C@@H]([C@@H]2CCc3cc(Oc4ccc(Cl)cc4Cl)ccc32)O1. The molecule has 1 saturated heterocycles. The number of nitrogens with one attached hydrogen (secondary N) is 1. The Balaban J connectivity index is 1.57. The fourth-order valence-electron chi connectivity index (χ4n) is 3.32. The summed E-state index contributed by atoms with van der Waals surface area (Å²) in [6.07, 6.45) is 0.0886. The Labute approximate surface area is 153 Å². The highest BCUT2D eigenvalue weighted by Crippen LogP contribution is 2.40. The Hall–Kier alpha value is -2.24. The molecule has 2 aliphatic rings. The zero-order chi connectivity index (χ0) is 17.6. The van der Waals surface area contributed by atoms with Gasteiger partial charge in [0.15, 0.2) is 6.10 Å². The minimum atomic E-state index is -0.758. The first-order chi connectivity index (χ1) is 12.0. The summed E-state index contributed by atoms with van der Waals surface area (Å²) in [5, 5.41) is 3.15. The second kappa shape index (κ2) is 6.24. The topological polar surface area (TPSA) is 64.6 Å². The molecule has 2 amide bonds. The predicted octanol–water partition coefficient (Wildman–Crippen LogP) is 4.45. The summed E-state index contributed by atoms with van der Waals surface area (Å²) >= 11 is 12.0. The van der Waals surface area contributed by atoms with Crippen LogP contribution in [0.5, 0.6) is 11.5 Å². The van der Waals surface area contributed by atoms with E-state index in [1.807, 2.05) is 18.2 Å². The number of hydrogen-bond donors (Lipinski definition) is 1. The van der Waals surface area contributed by atoms with E-state index in [0.29, 0.717) is 21.5 Å². The van der Waals surface area contributed by atoms with Crippen molar-refractivity contribution >= 4 is 35.2 Å². The number of alkyl carbamates (subject to hydrolysis) is 1. The monoisotopic (exact) mass is 377 g/mol. The molecule has 1 fully saturated rings. The molecular weight excluding hydrogens is 365 g/mol. The number of halogens is 2. The third kappa shape index (κ3) is 3.05. The van der Waals surface area contributed by atoms with E-state index < -0.39 is 12.2 Å². The lowest BCUT2D eigenvalue weighted by atomic mass is 9.95. The van der Waals surface area contributed by atoms with Gasteiger partial charge in [-0.25, -0.2) is 4.79 Å². The zero-order valence-electron chi connectivity index (χ0n) is 12.9. The minimum absolute atomic E-state index is 0.130. The number of imide groups is 1. The van der Waals surface area contributed by atoms with Gasteiger partial charge in [-0.3, -0.25) is 10.1 Å². The molecule has 7 heteroatoms. The van der Waals surface area contributed by atoms with Crippen LogP contribution in [0.4, 0.5) is 4.79 Å². The summed E-state index contributed by atoms with van der Waals surface area (Å²) < 4.78 is 10.9. The normalized spacial score (nSPS) is 21.7. The number of aryl methyl sites for hydroxylation is 1. The molecule has 5 nitrogen and oxygen atoms in total. The maximum absolute atomic E-state index is 11.8. The van der Waals surface area contributed by atoms with Gasteiger partial charge in [-0.1, -0.05) is 29.3 Å². The molecule has 2 atom stereocenters. The molecule has 0 unspecified atom stereocenters. The van der Waals surface area contributed by atoms with Crippen molar-refractivity contribution in [2.45, 2.75) is 24.9 Å². The number of amides is 2. The van der Waals surface area contributed by atoms with Crippen LogP contribution in [0.15, 0.2) is 36.4 Å². The highest BCUT2D eigenvalue weighted by Gasteiger charge is 2.42. The van der Waals surface area contributed by atoms with Crippen molar-refractivity contribution in [1.29, 1.82) is 0 Å². The molecule has 128 valence electrons. The maximum Gasteiger partial charge on any atom is 0.414 e. The molecule has 1 aliphatic carbocycles. The van der Waals surface area contributed by atoms with E-state index in [9.17, 15) is 9.59 Å². The first-order valence-corrected chi connectivity index (χ1v) is 8.54. The van der Waals surface area contributed by atoms with Crippen LogP contribution >= 0.6 is 23.2 Å². The number of hydrogen-bond acceptors (Lipinski definition) is 4. The van der Waals surface area contributed by atoms with Crippen molar-refractivity contribution in [1.82, 2.24) is 5.32 Å². The minimum Gasteiger partial charge on any atom is -0.456 e. The molecule has 0 aromatic heterocycles. The second-order valence-electron chi connectivity index (χ2n) is 6.00. The van der Waals surface area contributed by atoms with Crippen molar-refractivity contribution in [2.24, 2.45) is 0 Å². The Bertz CT molecular complexity index is 883. The molecule has 0 radical (unpaired) electrons. The molecule has 0 bridgehead atoms. The zero-order valence-corrected chi connectivity index (χ0v) is 14.4. The standard InChI is InChI=1S/C18H13Cl2NO4/c19-10-2-6-15(14(20)8-10)24-11-3-5-12-9(7-11)1-4-13(12)16-17(22)21-18(23)25-16/h2-3,5-8,13,16H,1,4H2,(H,21,22,23)/t13-,16-/m1/s1. The Morgan fingerprint density at radius 1 is 1.12 bits per heavy atom. The fourth-order valence-corrected chi connectivity index (χ4v) is 3.77. The first-order valence-electron chi connectivity index (χ1n) is 7.78. The summed E-state index contributed by atoms with van der Waals surface area (Å²) in [7, 11) is 0. The van der Waals surface area contributed by atoms with E-state index >= 15 is 0 Å². The molecule has 1 aliphatic heterocycles. The van der Waals surface area contributed by atoms with Gasteiger partial charge < -0.3 is 9.47 Å². The third-order valence-electron chi connectivity index (χ3n) is 4.44. The quantitative estimate of drug-likeness (QED) is 0.857. The van der Waals surface area contributed by atoms with Gasteiger partial charge in [0.25, 0.3) is 5.91 Å². The number of rotatable bonds is 3. The van der Waals surface area contributed by atoms with E-state index in [1.54, 1.807) is 18.2 Å². The molecule has 2 aromatic carbocycles. The van der Waals surface area contributed by atoms with Crippen LogP contribution in [-0.2, 0) is 16.0 Å². The number of cyclic esters (lactones) is 1. The van der Waals surface area contributed by atoms with Gasteiger partial charge >= 0.3 is 6.09 Å². The summed E-state index contributed by atoms with van der Waals surface area (Å²) in [4.78, 5) is 23.1. The number of ether oxygens (including phenoxy) is 2. The fraction of sp³-hybridized carbons (Fsp3) is 0.222. The van der Waals surface area contributed by atoms with Gasteiger partial charge in [0.05, 0.1) is 5.02 Å². The first kappa shape index (κ1) is 16.2. The highest BCUT2D eigenvalue weighted by atomic mass is 35.5. The van der Waals surface area contributed by atoms with Crippen LogP contribution in [0.1, 0.15) is 23.5 Å². The molecule has 1 N–H and O–H groups in total. The molecule has 0 saturated carbocycles. The second-order valence-corrected chi connectivity index (χ2v) is 6.84. The van der Waals surface area contributed by atoms with Crippen LogP contribution in [0.25, 0.3) is 0 Å². The number of benzene rings is 2. The summed E-state index contributed by atoms with van der Waals surface area (Å²) in [6, 6.07) is 10.7. The lowest BCUT2D eigenvalue weighted by molar-refractivity contribution is -0.124. The molecule has 2 aromatic rings. The molecular formula is C18H13Cl2NO4. The molecule has 0 spiro atoms. The summed E-state index contributed by atoms with van der Waals surface area (Å²) in [6.45, 7) is 0. The van der Waals surface area contributed by atoms with Gasteiger partial charge in [-0.2, -0.15) is 0 Å². The molecule has 4 rings (SSSR count). The van der Waals surface area contributed by atoms with Gasteiger partial charge in [0.1, 0.15) is 11.5 Å². The van der Waals surface area contributed by atoms with Crippen LogP contribution < -0.4 is 10.1 Å². The third-order valence-corrected chi connectivity index (χ3v) is 4.97. The lowest BCUT2D eigenvalue weighted by Crippen LogP contribution is -2.28. The summed E-state index contributed by atoms with van der Waals surface area (Å²) in [5.74, 6) is 0.659. The Morgan fingerprint density at radius 3 is 2.68 bits per heavy atom. The van der Waals surface area contributed by atoms with E-state index in [-0.39, 0.29) is 11.8 Å². The van der Waals surface area contributed by atoms with Crippen molar-refractivity contribution < 1.29 is 19.1 Å². The van der Waals surface area contributed by atoms with E-state index in [2.05, 4.69) is 5.32 Å². The summed E-state index contributed by atoms with van der Waals surface area (Å²) in [5.41, 5.74) is 2.08. The molecule has 25 heavy (non-hydrogen) atoms. The number of carbonyl (C=O) groups is 2. The van der Waals surface area contributed by atoms with Crippen LogP contribution in [0, 0.1) is 0 Å². The smallest absolute Gasteiger partial charge is 0.414 e. The highest BCUT2D eigenvalue weighted by molar-refractivity contribution is 6.35. The van der Waals surface area contributed by atoms with Gasteiger partial charge in [0.2, 0.25) is 0 Å². The van der Waals surface area contributed by atoms with Gasteiger partial charge in [-0.05, 0) is 54.3 Å². The van der Waals surface area contributed by atoms with Gasteiger partial charge in [0, 0.05) is 10.9 Å². The van der Waals surface area contributed by atoms with Crippen molar-refractivity contribution in [3.63, 3.8) is 0 Å². The van der Waals surface area contributed by atoms with Crippen molar-refractivity contribution in [3.05, 3.63) is 57.6 Å². The average molecular weight is 378 g/mol. The van der Waals surface area contributed by atoms with E-state index in [0.717, 1.165) is 24.0 Å². The average Bonchev–Trinajstić information content (AvgIpc) is 3.12. The van der Waals surface area contributed by atoms with Gasteiger partial charge in [-0.15, -0.1) is 0 Å². The van der Waals surface area contributed by atoms with Crippen molar-refractivity contribution in [2.75, 3.05) is 0 Å². The lowest BCUT2D eigenvalue weighted by Gasteiger charge is -2.16. The van der Waals surface area contributed by atoms with E-state index in [1.165, 1.54) is 0 Å².